The zero-order valence-electron chi connectivity index (χ0n) is 10.4. The highest BCUT2D eigenvalue weighted by Crippen LogP contribution is 2.23. The molecule has 1 fully saturated rings. The van der Waals surface area contributed by atoms with Crippen molar-refractivity contribution in [3.05, 3.63) is 11.6 Å². The first-order valence-electron chi connectivity index (χ1n) is 6.06. The van der Waals surface area contributed by atoms with E-state index in [9.17, 15) is 0 Å². The van der Waals surface area contributed by atoms with E-state index in [4.69, 9.17) is 9.68 Å². The lowest BCUT2D eigenvalue weighted by Gasteiger charge is -2.26. The van der Waals surface area contributed by atoms with Crippen LogP contribution in [0.2, 0.25) is 0 Å². The van der Waals surface area contributed by atoms with E-state index >= 15 is 0 Å². The molecule has 5 heteroatoms. The Hall–Kier alpha value is -1.54. The first-order valence-corrected chi connectivity index (χ1v) is 6.06. The summed E-state index contributed by atoms with van der Waals surface area (Å²) >= 11 is 0. The summed E-state index contributed by atoms with van der Waals surface area (Å²) in [5.74, 6) is 1.80. The van der Waals surface area contributed by atoms with Crippen LogP contribution in [0.1, 0.15) is 25.4 Å². The first kappa shape index (κ1) is 11.9. The van der Waals surface area contributed by atoms with Crippen LogP contribution in [-0.4, -0.2) is 31.2 Å². The van der Waals surface area contributed by atoms with Gasteiger partial charge in [0.1, 0.15) is 6.07 Å². The van der Waals surface area contributed by atoms with E-state index in [1.807, 2.05) is 0 Å². The summed E-state index contributed by atoms with van der Waals surface area (Å²) in [5.41, 5.74) is 0.419. The molecule has 0 unspecified atom stereocenters. The lowest BCUT2D eigenvalue weighted by molar-refractivity contribution is 0.443. The molecule has 0 aliphatic carbocycles. The Morgan fingerprint density at radius 3 is 2.76 bits per heavy atom. The van der Waals surface area contributed by atoms with Gasteiger partial charge in [0.15, 0.2) is 5.89 Å². The topological polar surface area (TPSA) is 65.1 Å². The summed E-state index contributed by atoms with van der Waals surface area (Å²) in [7, 11) is 0. The van der Waals surface area contributed by atoms with Gasteiger partial charge >= 0.3 is 0 Å². The van der Waals surface area contributed by atoms with E-state index in [1.165, 1.54) is 0 Å². The first-order chi connectivity index (χ1) is 8.20. The van der Waals surface area contributed by atoms with Gasteiger partial charge in [-0.3, -0.25) is 0 Å². The summed E-state index contributed by atoms with van der Waals surface area (Å²) in [4.78, 5) is 6.34. The highest BCUT2D eigenvalue weighted by molar-refractivity contribution is 5.48. The molecule has 1 saturated heterocycles. The van der Waals surface area contributed by atoms with Crippen molar-refractivity contribution in [1.29, 1.82) is 5.26 Å². The van der Waals surface area contributed by atoms with Gasteiger partial charge in [0.25, 0.3) is 0 Å². The Morgan fingerprint density at radius 1 is 1.47 bits per heavy atom. The zero-order chi connectivity index (χ0) is 12.3. The van der Waals surface area contributed by atoms with Gasteiger partial charge in [-0.1, -0.05) is 13.8 Å². The van der Waals surface area contributed by atoms with Gasteiger partial charge in [-0.05, 0) is 5.92 Å². The van der Waals surface area contributed by atoms with Crippen molar-refractivity contribution in [2.45, 2.75) is 20.3 Å². The third-order valence-electron chi connectivity index (χ3n) is 2.75. The molecule has 17 heavy (non-hydrogen) atoms. The molecule has 0 radical (unpaired) electrons. The number of anilines is 1. The van der Waals surface area contributed by atoms with E-state index in [0.29, 0.717) is 23.4 Å². The maximum atomic E-state index is 9.08. The number of nitriles is 1. The molecule has 1 N–H and O–H groups in total. The molecule has 0 atom stereocenters. The monoisotopic (exact) mass is 234 g/mol. The van der Waals surface area contributed by atoms with Crippen LogP contribution in [0.15, 0.2) is 4.42 Å². The van der Waals surface area contributed by atoms with Gasteiger partial charge in [-0.25, -0.2) is 4.98 Å². The molecule has 0 amide bonds. The van der Waals surface area contributed by atoms with Crippen LogP contribution in [0.4, 0.5) is 5.88 Å². The Morgan fingerprint density at radius 2 is 2.18 bits per heavy atom. The van der Waals surface area contributed by atoms with E-state index in [2.05, 4.69) is 35.1 Å². The van der Waals surface area contributed by atoms with Crippen molar-refractivity contribution in [3.8, 4) is 6.07 Å². The molecule has 0 saturated carbocycles. The number of rotatable bonds is 3. The van der Waals surface area contributed by atoms with Gasteiger partial charge in [-0.15, -0.1) is 0 Å². The Bertz CT molecular complexity index is 413. The van der Waals surface area contributed by atoms with Crippen molar-refractivity contribution in [3.63, 3.8) is 0 Å². The molecule has 2 rings (SSSR count). The van der Waals surface area contributed by atoms with Gasteiger partial charge < -0.3 is 14.6 Å². The molecule has 92 valence electrons. The van der Waals surface area contributed by atoms with E-state index in [0.717, 1.165) is 32.6 Å². The SMILES string of the molecule is CC(C)Cc1nc(C#N)c(N2CCNCC2)o1. The molecule has 5 nitrogen and oxygen atoms in total. The number of nitrogens with one attached hydrogen (secondary N) is 1. The fraction of sp³-hybridized carbons (Fsp3) is 0.667. The largest absolute Gasteiger partial charge is 0.424 e. The van der Waals surface area contributed by atoms with E-state index < -0.39 is 0 Å². The second-order valence-electron chi connectivity index (χ2n) is 4.71. The lowest BCUT2D eigenvalue weighted by atomic mass is 10.1. The number of hydrogen-bond acceptors (Lipinski definition) is 5. The van der Waals surface area contributed by atoms with Crippen LogP contribution >= 0.6 is 0 Å². The number of nitrogens with zero attached hydrogens (tertiary/aromatic N) is 3. The van der Waals surface area contributed by atoms with Crippen LogP contribution in [0.3, 0.4) is 0 Å². The highest BCUT2D eigenvalue weighted by Gasteiger charge is 2.21. The Balaban J connectivity index is 2.20. The van der Waals surface area contributed by atoms with Crippen LogP contribution < -0.4 is 10.2 Å². The maximum Gasteiger partial charge on any atom is 0.234 e. The molecular weight excluding hydrogens is 216 g/mol. The fourth-order valence-corrected chi connectivity index (χ4v) is 1.95. The van der Waals surface area contributed by atoms with E-state index in [-0.39, 0.29) is 0 Å². The predicted molar refractivity (Wildman–Crippen MR) is 64.8 cm³/mol. The molecule has 0 aromatic carbocycles. The van der Waals surface area contributed by atoms with Gasteiger partial charge in [-0.2, -0.15) is 5.26 Å². The average molecular weight is 234 g/mol. The quantitative estimate of drug-likeness (QED) is 0.850. The van der Waals surface area contributed by atoms with Crippen LogP contribution in [0.5, 0.6) is 0 Å². The molecule has 2 heterocycles. The summed E-state index contributed by atoms with van der Waals surface area (Å²) in [5, 5.41) is 12.4. The van der Waals surface area contributed by atoms with E-state index in [1.54, 1.807) is 0 Å². The Labute approximate surface area is 101 Å². The van der Waals surface area contributed by atoms with Crippen molar-refractivity contribution < 1.29 is 4.42 Å². The number of oxazole rings is 1. The number of aromatic nitrogens is 1. The number of hydrogen-bond donors (Lipinski definition) is 1. The van der Waals surface area contributed by atoms with Gasteiger partial charge in [0.05, 0.1) is 0 Å². The zero-order valence-corrected chi connectivity index (χ0v) is 10.4. The van der Waals surface area contributed by atoms with Gasteiger partial charge in [0.2, 0.25) is 11.6 Å². The predicted octanol–water partition coefficient (Wildman–Crippen LogP) is 1.15. The Kier molecular flexibility index (Phi) is 3.64. The summed E-state index contributed by atoms with van der Waals surface area (Å²) in [6.07, 6.45) is 0.779. The minimum Gasteiger partial charge on any atom is -0.424 e. The third-order valence-corrected chi connectivity index (χ3v) is 2.75. The fourth-order valence-electron chi connectivity index (χ4n) is 1.95. The van der Waals surface area contributed by atoms with Crippen LogP contribution in [-0.2, 0) is 6.42 Å². The van der Waals surface area contributed by atoms with Crippen molar-refractivity contribution >= 4 is 5.88 Å². The average Bonchev–Trinajstić information content (AvgIpc) is 2.72. The van der Waals surface area contributed by atoms with Crippen molar-refractivity contribution in [1.82, 2.24) is 10.3 Å². The molecule has 1 aliphatic rings. The summed E-state index contributed by atoms with van der Waals surface area (Å²) < 4.78 is 5.72. The molecule has 1 aromatic rings. The minimum absolute atomic E-state index is 0.419. The number of piperazine rings is 1. The smallest absolute Gasteiger partial charge is 0.234 e. The minimum atomic E-state index is 0.419. The second-order valence-corrected chi connectivity index (χ2v) is 4.71. The standard InChI is InChI=1S/C12H18N4O/c1-9(2)7-11-15-10(8-13)12(17-11)16-5-3-14-4-6-16/h9,14H,3-7H2,1-2H3. The highest BCUT2D eigenvalue weighted by atomic mass is 16.4. The van der Waals surface area contributed by atoms with Crippen LogP contribution in [0, 0.1) is 17.2 Å². The molecule has 1 aliphatic heterocycles. The lowest BCUT2D eigenvalue weighted by Crippen LogP contribution is -2.43. The summed E-state index contributed by atoms with van der Waals surface area (Å²) in [6, 6.07) is 2.12. The second kappa shape index (κ2) is 5.19. The normalized spacial score (nSPS) is 16.2. The maximum absolute atomic E-state index is 9.08. The van der Waals surface area contributed by atoms with Crippen LogP contribution in [0.25, 0.3) is 0 Å². The van der Waals surface area contributed by atoms with Crippen molar-refractivity contribution in [2.24, 2.45) is 5.92 Å². The van der Waals surface area contributed by atoms with Crippen molar-refractivity contribution in [2.75, 3.05) is 31.1 Å². The third kappa shape index (κ3) is 2.77. The molecule has 1 aromatic heterocycles. The molecule has 0 bridgehead atoms. The van der Waals surface area contributed by atoms with Gasteiger partial charge in [0, 0.05) is 32.6 Å². The summed E-state index contributed by atoms with van der Waals surface area (Å²) in [6.45, 7) is 7.80. The molecular formula is C12H18N4O. The molecule has 0 spiro atoms.